The van der Waals surface area contributed by atoms with Crippen LogP contribution >= 0.6 is 0 Å². The van der Waals surface area contributed by atoms with Gasteiger partial charge in [0.1, 0.15) is 0 Å². The molecule has 76 valence electrons. The van der Waals surface area contributed by atoms with Crippen molar-refractivity contribution in [2.75, 3.05) is 6.54 Å². The average Bonchev–Trinajstić information content (AvgIpc) is 2.18. The summed E-state index contributed by atoms with van der Waals surface area (Å²) < 4.78 is 6.12. The van der Waals surface area contributed by atoms with Crippen LogP contribution in [0.5, 0.6) is 0 Å². The van der Waals surface area contributed by atoms with Gasteiger partial charge in [0.05, 0.1) is 11.7 Å². The number of hydrogen-bond acceptors (Lipinski definition) is 2. The van der Waals surface area contributed by atoms with E-state index < -0.39 is 0 Å². The van der Waals surface area contributed by atoms with Crippen molar-refractivity contribution in [3.8, 4) is 0 Å². The summed E-state index contributed by atoms with van der Waals surface area (Å²) in [5.41, 5.74) is 5.88. The SMILES string of the molecule is CC1CC2(CCCC(CN)O2)C1C. The highest BCUT2D eigenvalue weighted by atomic mass is 16.5. The maximum Gasteiger partial charge on any atom is 0.0717 e. The van der Waals surface area contributed by atoms with Crippen LogP contribution in [0.2, 0.25) is 0 Å². The van der Waals surface area contributed by atoms with Gasteiger partial charge in [-0.1, -0.05) is 13.8 Å². The molecule has 2 nitrogen and oxygen atoms in total. The fourth-order valence-corrected chi connectivity index (χ4v) is 3.00. The Bertz CT molecular complexity index is 191. The van der Waals surface area contributed by atoms with Gasteiger partial charge in [-0.05, 0) is 37.5 Å². The van der Waals surface area contributed by atoms with Crippen LogP contribution in [0.4, 0.5) is 0 Å². The Labute approximate surface area is 80.8 Å². The predicted octanol–water partition coefficient (Wildman–Crippen LogP) is 1.93. The molecule has 0 bridgehead atoms. The molecule has 13 heavy (non-hydrogen) atoms. The molecule has 1 saturated heterocycles. The molecule has 1 spiro atoms. The van der Waals surface area contributed by atoms with Gasteiger partial charge in [0.15, 0.2) is 0 Å². The zero-order valence-corrected chi connectivity index (χ0v) is 8.75. The summed E-state index contributed by atoms with van der Waals surface area (Å²) in [4.78, 5) is 0. The van der Waals surface area contributed by atoms with Gasteiger partial charge in [0, 0.05) is 6.54 Å². The molecule has 0 aromatic carbocycles. The maximum absolute atomic E-state index is 6.12. The molecule has 2 heteroatoms. The Morgan fingerprint density at radius 2 is 2.23 bits per heavy atom. The molecule has 0 aromatic heterocycles. The van der Waals surface area contributed by atoms with Crippen LogP contribution in [0, 0.1) is 11.8 Å². The van der Waals surface area contributed by atoms with Gasteiger partial charge < -0.3 is 10.5 Å². The molecule has 0 amide bonds. The molecular formula is C11H21NO. The zero-order chi connectivity index (χ0) is 9.47. The normalized spacial score (nSPS) is 50.5. The predicted molar refractivity (Wildman–Crippen MR) is 53.5 cm³/mol. The minimum atomic E-state index is 0.224. The van der Waals surface area contributed by atoms with E-state index in [0.717, 1.165) is 11.8 Å². The van der Waals surface area contributed by atoms with E-state index in [1.54, 1.807) is 0 Å². The summed E-state index contributed by atoms with van der Waals surface area (Å²) in [5.74, 6) is 1.58. The smallest absolute Gasteiger partial charge is 0.0717 e. The Balaban J connectivity index is 1.99. The molecule has 1 heterocycles. The largest absolute Gasteiger partial charge is 0.370 e. The summed E-state index contributed by atoms with van der Waals surface area (Å²) in [6, 6.07) is 0. The van der Waals surface area contributed by atoms with Crippen LogP contribution in [-0.2, 0) is 4.74 Å². The third kappa shape index (κ3) is 1.40. The fourth-order valence-electron chi connectivity index (χ4n) is 3.00. The molecular weight excluding hydrogens is 162 g/mol. The minimum absolute atomic E-state index is 0.224. The standard InChI is InChI=1S/C11H21NO/c1-8-6-11(9(8)2)5-3-4-10(7-12)13-11/h8-10H,3-7,12H2,1-2H3. The second-order valence-corrected chi connectivity index (χ2v) is 4.90. The van der Waals surface area contributed by atoms with Crippen molar-refractivity contribution in [3.63, 3.8) is 0 Å². The van der Waals surface area contributed by atoms with E-state index in [1.165, 1.54) is 25.7 Å². The van der Waals surface area contributed by atoms with E-state index in [4.69, 9.17) is 10.5 Å². The second-order valence-electron chi connectivity index (χ2n) is 4.90. The van der Waals surface area contributed by atoms with Crippen LogP contribution in [-0.4, -0.2) is 18.2 Å². The summed E-state index contributed by atoms with van der Waals surface area (Å²) >= 11 is 0. The number of rotatable bonds is 1. The summed E-state index contributed by atoms with van der Waals surface area (Å²) in [7, 11) is 0. The van der Waals surface area contributed by atoms with Gasteiger partial charge >= 0.3 is 0 Å². The highest BCUT2D eigenvalue weighted by molar-refractivity contribution is 5.02. The first-order chi connectivity index (χ1) is 6.18. The van der Waals surface area contributed by atoms with E-state index in [0.29, 0.717) is 12.6 Å². The minimum Gasteiger partial charge on any atom is -0.370 e. The lowest BCUT2D eigenvalue weighted by Gasteiger charge is -2.56. The lowest BCUT2D eigenvalue weighted by atomic mass is 9.60. The third-order valence-corrected chi connectivity index (χ3v) is 4.14. The molecule has 1 aliphatic heterocycles. The molecule has 2 fully saturated rings. The van der Waals surface area contributed by atoms with Gasteiger partial charge in [0.25, 0.3) is 0 Å². The second kappa shape index (κ2) is 3.25. The van der Waals surface area contributed by atoms with Crippen molar-refractivity contribution in [1.82, 2.24) is 0 Å². The van der Waals surface area contributed by atoms with Crippen molar-refractivity contribution in [1.29, 1.82) is 0 Å². The molecule has 4 unspecified atom stereocenters. The Kier molecular flexibility index (Phi) is 2.37. The molecule has 1 saturated carbocycles. The molecule has 0 aromatic rings. The Morgan fingerprint density at radius 3 is 2.77 bits per heavy atom. The first kappa shape index (κ1) is 9.47. The maximum atomic E-state index is 6.12. The molecule has 0 radical (unpaired) electrons. The first-order valence-corrected chi connectivity index (χ1v) is 5.56. The van der Waals surface area contributed by atoms with E-state index >= 15 is 0 Å². The average molecular weight is 183 g/mol. The molecule has 1 aliphatic carbocycles. The fraction of sp³-hybridized carbons (Fsp3) is 1.00. The highest BCUT2D eigenvalue weighted by Gasteiger charge is 2.52. The van der Waals surface area contributed by atoms with Crippen molar-refractivity contribution in [3.05, 3.63) is 0 Å². The van der Waals surface area contributed by atoms with Gasteiger partial charge in [-0.2, -0.15) is 0 Å². The van der Waals surface area contributed by atoms with Gasteiger partial charge in [0.2, 0.25) is 0 Å². The van der Waals surface area contributed by atoms with Gasteiger partial charge in [-0.3, -0.25) is 0 Å². The molecule has 4 atom stereocenters. The van der Waals surface area contributed by atoms with Crippen molar-refractivity contribution in [2.24, 2.45) is 17.6 Å². The number of hydrogen-bond donors (Lipinski definition) is 1. The molecule has 2 aliphatic rings. The van der Waals surface area contributed by atoms with E-state index in [9.17, 15) is 0 Å². The summed E-state index contributed by atoms with van der Waals surface area (Å²) in [6.45, 7) is 5.35. The van der Waals surface area contributed by atoms with Crippen molar-refractivity contribution < 1.29 is 4.74 Å². The Morgan fingerprint density at radius 1 is 1.46 bits per heavy atom. The first-order valence-electron chi connectivity index (χ1n) is 5.56. The lowest BCUT2D eigenvalue weighted by Crippen LogP contribution is -2.57. The Hall–Kier alpha value is -0.0800. The van der Waals surface area contributed by atoms with E-state index in [-0.39, 0.29) is 5.60 Å². The molecule has 2 N–H and O–H groups in total. The zero-order valence-electron chi connectivity index (χ0n) is 8.75. The quantitative estimate of drug-likeness (QED) is 0.674. The van der Waals surface area contributed by atoms with Crippen molar-refractivity contribution in [2.45, 2.75) is 51.2 Å². The highest BCUT2D eigenvalue weighted by Crippen LogP contribution is 2.51. The van der Waals surface area contributed by atoms with E-state index in [1.807, 2.05) is 0 Å². The summed E-state index contributed by atoms with van der Waals surface area (Å²) in [6.07, 6.45) is 5.32. The number of nitrogens with two attached hydrogens (primary N) is 1. The van der Waals surface area contributed by atoms with Gasteiger partial charge in [-0.15, -0.1) is 0 Å². The topological polar surface area (TPSA) is 35.2 Å². The van der Waals surface area contributed by atoms with Crippen LogP contribution in [0.15, 0.2) is 0 Å². The number of ether oxygens (including phenoxy) is 1. The van der Waals surface area contributed by atoms with Crippen LogP contribution in [0.25, 0.3) is 0 Å². The van der Waals surface area contributed by atoms with Crippen LogP contribution in [0.3, 0.4) is 0 Å². The monoisotopic (exact) mass is 183 g/mol. The van der Waals surface area contributed by atoms with E-state index in [2.05, 4.69) is 13.8 Å². The molecule has 2 rings (SSSR count). The van der Waals surface area contributed by atoms with Gasteiger partial charge in [-0.25, -0.2) is 0 Å². The van der Waals surface area contributed by atoms with Crippen LogP contribution < -0.4 is 5.73 Å². The third-order valence-electron chi connectivity index (χ3n) is 4.14. The lowest BCUT2D eigenvalue weighted by molar-refractivity contribution is -0.219. The van der Waals surface area contributed by atoms with Crippen molar-refractivity contribution >= 4 is 0 Å². The summed E-state index contributed by atoms with van der Waals surface area (Å²) in [5, 5.41) is 0. The van der Waals surface area contributed by atoms with Crippen LogP contribution in [0.1, 0.15) is 39.5 Å².